The molecule has 2 aromatic carbocycles. The molecule has 0 radical (unpaired) electrons. The number of hydrogen-bond donors (Lipinski definition) is 1. The van der Waals surface area contributed by atoms with Crippen molar-refractivity contribution in [2.45, 2.75) is 26.3 Å². The molecule has 0 saturated heterocycles. The molecule has 0 aliphatic carbocycles. The topological polar surface area (TPSA) is 35.1 Å². The molecule has 132 valence electrons. The normalized spacial score (nSPS) is 17.1. The first-order valence-electron chi connectivity index (χ1n) is 8.90. The summed E-state index contributed by atoms with van der Waals surface area (Å²) in [4.78, 5) is 0. The molecule has 0 unspecified atom stereocenters. The van der Waals surface area contributed by atoms with E-state index in [1.54, 1.807) is 0 Å². The molecule has 0 amide bonds. The number of ether oxygens (including phenoxy) is 2. The average Bonchev–Trinajstić information content (AvgIpc) is 2.63. The van der Waals surface area contributed by atoms with Crippen LogP contribution in [0.3, 0.4) is 0 Å². The van der Waals surface area contributed by atoms with Crippen LogP contribution in [0.15, 0.2) is 47.5 Å². The summed E-state index contributed by atoms with van der Waals surface area (Å²) >= 11 is 6.71. The second kappa shape index (κ2) is 8.41. The highest BCUT2D eigenvalue weighted by Gasteiger charge is 2.28. The molecule has 4 heteroatoms. The molecule has 1 heterocycles. The Morgan fingerprint density at radius 3 is 2.48 bits per heavy atom. The van der Waals surface area contributed by atoms with Crippen molar-refractivity contribution in [3.63, 3.8) is 0 Å². The van der Waals surface area contributed by atoms with E-state index in [-0.39, 0.29) is 6.04 Å². The Kier molecular flexibility index (Phi) is 6.00. The van der Waals surface area contributed by atoms with Gasteiger partial charge < -0.3 is 14.8 Å². The summed E-state index contributed by atoms with van der Waals surface area (Å²) in [6.45, 7) is 6.23. The van der Waals surface area contributed by atoms with E-state index in [0.717, 1.165) is 35.1 Å². The van der Waals surface area contributed by atoms with Gasteiger partial charge in [-0.05, 0) is 43.2 Å². The molecule has 25 heavy (non-hydrogen) atoms. The molecule has 2 aromatic rings. The van der Waals surface area contributed by atoms with E-state index in [1.807, 2.05) is 32.0 Å². The van der Waals surface area contributed by atoms with Crippen LogP contribution in [0.5, 0.6) is 11.5 Å². The highest BCUT2D eigenvalue weighted by atomic mass is 35.5. The largest absolute Gasteiger partial charge is 0.490 e. The van der Waals surface area contributed by atoms with Crippen LogP contribution < -0.4 is 14.8 Å². The van der Waals surface area contributed by atoms with Crippen LogP contribution >= 0.6 is 11.6 Å². The first-order valence-corrected chi connectivity index (χ1v) is 9.28. The van der Waals surface area contributed by atoms with Crippen molar-refractivity contribution < 1.29 is 14.8 Å². The summed E-state index contributed by atoms with van der Waals surface area (Å²) in [7, 11) is 0. The van der Waals surface area contributed by atoms with Crippen LogP contribution in [-0.2, 0) is 6.42 Å². The Bertz CT molecular complexity index is 743. The molecule has 0 aromatic heterocycles. The summed E-state index contributed by atoms with van der Waals surface area (Å²) < 4.78 is 11.6. The van der Waals surface area contributed by atoms with E-state index in [1.165, 1.54) is 11.1 Å². The third-order valence-corrected chi connectivity index (χ3v) is 4.70. The van der Waals surface area contributed by atoms with Crippen LogP contribution in [0.1, 0.15) is 36.6 Å². The van der Waals surface area contributed by atoms with E-state index >= 15 is 0 Å². The lowest BCUT2D eigenvalue weighted by molar-refractivity contribution is -0.689. The van der Waals surface area contributed by atoms with Gasteiger partial charge in [0.2, 0.25) is 0 Å². The minimum atomic E-state index is 0.0977. The van der Waals surface area contributed by atoms with Gasteiger partial charge in [0.25, 0.3) is 0 Å². The molecule has 1 atom stereocenters. The molecule has 3 rings (SSSR count). The molecule has 1 aliphatic rings. The molecular formula is C21H25ClNO2+. The Hall–Kier alpha value is -1.97. The molecule has 0 spiro atoms. The van der Waals surface area contributed by atoms with Gasteiger partial charge in [0.1, 0.15) is 6.04 Å². The zero-order valence-corrected chi connectivity index (χ0v) is 15.6. The quantitative estimate of drug-likeness (QED) is 0.849. The zero-order chi connectivity index (χ0) is 17.6. The molecule has 1 aliphatic heterocycles. The van der Waals surface area contributed by atoms with Gasteiger partial charge in [-0.1, -0.05) is 41.9 Å². The fraction of sp³-hybridized carbons (Fsp3) is 0.333. The van der Waals surface area contributed by atoms with Gasteiger partial charge in [-0.15, -0.1) is 0 Å². The minimum Gasteiger partial charge on any atom is -0.490 e. The highest BCUT2D eigenvalue weighted by Crippen LogP contribution is 2.37. The fourth-order valence-corrected chi connectivity index (χ4v) is 3.58. The predicted molar refractivity (Wildman–Crippen MR) is 102 cm³/mol. The van der Waals surface area contributed by atoms with Crippen molar-refractivity contribution >= 4 is 17.7 Å². The summed E-state index contributed by atoms with van der Waals surface area (Å²) in [5, 5.41) is 3.12. The lowest BCUT2D eigenvalue weighted by Gasteiger charge is -2.25. The van der Waals surface area contributed by atoms with Crippen LogP contribution in [0.4, 0.5) is 0 Å². The van der Waals surface area contributed by atoms with Gasteiger partial charge in [0.15, 0.2) is 11.5 Å². The Balaban J connectivity index is 1.97. The molecule has 0 bridgehead atoms. The van der Waals surface area contributed by atoms with E-state index in [4.69, 9.17) is 21.1 Å². The Morgan fingerprint density at radius 2 is 1.80 bits per heavy atom. The fourth-order valence-electron chi connectivity index (χ4n) is 3.25. The average molecular weight is 359 g/mol. The molecule has 0 saturated carbocycles. The Labute approximate surface area is 154 Å². The number of nitrogens with two attached hydrogens (primary N) is 1. The third kappa shape index (κ3) is 4.17. The zero-order valence-electron chi connectivity index (χ0n) is 14.8. The third-order valence-electron chi connectivity index (χ3n) is 4.36. The maximum absolute atomic E-state index is 6.71. The van der Waals surface area contributed by atoms with Crippen molar-refractivity contribution in [1.82, 2.24) is 0 Å². The molecule has 2 N–H and O–H groups in total. The van der Waals surface area contributed by atoms with Gasteiger partial charge in [0, 0.05) is 12.0 Å². The van der Waals surface area contributed by atoms with E-state index in [0.29, 0.717) is 13.2 Å². The SMILES string of the molecule is CCOc1cc2c(cc1OCC)[C@H](/C(Cl)=C/c1ccccc1)[NH2+]CC2. The maximum Gasteiger partial charge on any atom is 0.161 e. The predicted octanol–water partition coefficient (Wildman–Crippen LogP) is 3.92. The number of fused-ring (bicyclic) bond motifs is 1. The summed E-state index contributed by atoms with van der Waals surface area (Å²) in [6.07, 6.45) is 3.06. The monoisotopic (exact) mass is 358 g/mol. The van der Waals surface area contributed by atoms with E-state index in [9.17, 15) is 0 Å². The lowest BCUT2D eigenvalue weighted by atomic mass is 9.92. The van der Waals surface area contributed by atoms with Gasteiger partial charge in [-0.3, -0.25) is 0 Å². The molecule has 3 nitrogen and oxygen atoms in total. The maximum atomic E-state index is 6.71. The van der Waals surface area contributed by atoms with Crippen LogP contribution in [0.2, 0.25) is 0 Å². The second-order valence-electron chi connectivity index (χ2n) is 6.06. The first kappa shape index (κ1) is 17.8. The first-order chi connectivity index (χ1) is 12.2. The number of benzene rings is 2. The highest BCUT2D eigenvalue weighted by molar-refractivity contribution is 6.32. The smallest absolute Gasteiger partial charge is 0.161 e. The van der Waals surface area contributed by atoms with E-state index < -0.39 is 0 Å². The van der Waals surface area contributed by atoms with Gasteiger partial charge in [0.05, 0.1) is 24.8 Å². The van der Waals surface area contributed by atoms with Crippen LogP contribution in [0.25, 0.3) is 6.08 Å². The van der Waals surface area contributed by atoms with Crippen LogP contribution in [-0.4, -0.2) is 19.8 Å². The second-order valence-corrected chi connectivity index (χ2v) is 6.49. The number of quaternary nitrogens is 1. The van der Waals surface area contributed by atoms with E-state index in [2.05, 4.69) is 35.7 Å². The molecular weight excluding hydrogens is 334 g/mol. The van der Waals surface area contributed by atoms with Crippen LogP contribution in [0, 0.1) is 0 Å². The van der Waals surface area contributed by atoms with Crippen molar-refractivity contribution in [2.24, 2.45) is 0 Å². The Morgan fingerprint density at radius 1 is 1.12 bits per heavy atom. The van der Waals surface area contributed by atoms with Gasteiger partial charge in [-0.25, -0.2) is 0 Å². The number of rotatable bonds is 6. The summed E-state index contributed by atoms with van der Waals surface area (Å²) in [5.41, 5.74) is 3.62. The number of hydrogen-bond acceptors (Lipinski definition) is 2. The van der Waals surface area contributed by atoms with Crippen molar-refractivity contribution in [2.75, 3.05) is 19.8 Å². The van der Waals surface area contributed by atoms with Crippen molar-refractivity contribution in [3.05, 3.63) is 64.2 Å². The van der Waals surface area contributed by atoms with Gasteiger partial charge in [-0.2, -0.15) is 0 Å². The summed E-state index contributed by atoms with van der Waals surface area (Å²) in [6, 6.07) is 14.5. The summed E-state index contributed by atoms with van der Waals surface area (Å²) in [5.74, 6) is 1.62. The van der Waals surface area contributed by atoms with Crippen molar-refractivity contribution in [3.8, 4) is 11.5 Å². The van der Waals surface area contributed by atoms with Crippen molar-refractivity contribution in [1.29, 1.82) is 0 Å². The number of halogens is 1. The standard InChI is InChI=1S/C21H24ClNO2/c1-3-24-19-13-16-10-11-23-21(17(16)14-20(19)25-4-2)18(22)12-15-8-6-5-7-9-15/h5-9,12-14,21,23H,3-4,10-11H2,1-2H3/p+1/b18-12-/t21-/m1/s1. The lowest BCUT2D eigenvalue weighted by Crippen LogP contribution is -2.87. The minimum absolute atomic E-state index is 0.0977. The van der Waals surface area contributed by atoms with Gasteiger partial charge >= 0.3 is 0 Å². The molecule has 0 fully saturated rings.